The summed E-state index contributed by atoms with van der Waals surface area (Å²) < 4.78 is 0. The third-order valence-corrected chi connectivity index (χ3v) is 0.982. The van der Waals surface area contributed by atoms with Crippen molar-refractivity contribution in [2.45, 2.75) is 13.3 Å². The maximum absolute atomic E-state index is 8.71. The Bertz CT molecular complexity index is 118. The smallest absolute Gasteiger partial charge is 0.207 e. The lowest BCUT2D eigenvalue weighted by molar-refractivity contribution is 0.128. The lowest BCUT2D eigenvalue weighted by Gasteiger charge is -2.01. The molecule has 1 atom stereocenters. The van der Waals surface area contributed by atoms with Crippen LogP contribution < -0.4 is 10.6 Å². The van der Waals surface area contributed by atoms with E-state index in [4.69, 9.17) is 10.2 Å². The van der Waals surface area contributed by atoms with Gasteiger partial charge >= 0.3 is 0 Å². The van der Waals surface area contributed by atoms with Crippen LogP contribution in [-0.4, -0.2) is 16.6 Å². The Morgan fingerprint density at radius 1 is 1.50 bits per heavy atom. The minimum absolute atomic E-state index is 0.0116. The second kappa shape index (κ2) is 1.56. The molecule has 1 rings (SSSR count). The fourth-order valence-corrected chi connectivity index (χ4v) is 0.547. The van der Waals surface area contributed by atoms with Crippen molar-refractivity contribution in [3.63, 3.8) is 0 Å². The van der Waals surface area contributed by atoms with Crippen LogP contribution in [0.3, 0.4) is 0 Å². The van der Waals surface area contributed by atoms with E-state index in [0.717, 1.165) is 0 Å². The SMILES string of the molecule is CC1=C(O)NC(O)N1. The van der Waals surface area contributed by atoms with Crippen LogP contribution in [-0.2, 0) is 0 Å². The maximum atomic E-state index is 8.71. The predicted molar refractivity (Wildman–Crippen MR) is 27.6 cm³/mol. The highest BCUT2D eigenvalue weighted by molar-refractivity contribution is 5.06. The van der Waals surface area contributed by atoms with Crippen molar-refractivity contribution in [1.82, 2.24) is 10.6 Å². The van der Waals surface area contributed by atoms with Crippen molar-refractivity contribution in [1.29, 1.82) is 0 Å². The van der Waals surface area contributed by atoms with E-state index in [1.54, 1.807) is 6.92 Å². The molecule has 0 aliphatic carbocycles. The summed E-state index contributed by atoms with van der Waals surface area (Å²) in [5.41, 5.74) is 0.567. The fraction of sp³-hybridized carbons (Fsp3) is 0.500. The van der Waals surface area contributed by atoms with Crippen molar-refractivity contribution in [3.05, 3.63) is 11.6 Å². The van der Waals surface area contributed by atoms with Gasteiger partial charge in [0.25, 0.3) is 0 Å². The molecule has 0 fully saturated rings. The highest BCUT2D eigenvalue weighted by atomic mass is 16.3. The molecule has 1 aliphatic heterocycles. The maximum Gasteiger partial charge on any atom is 0.207 e. The summed E-state index contributed by atoms with van der Waals surface area (Å²) in [6.07, 6.45) is -0.824. The summed E-state index contributed by atoms with van der Waals surface area (Å²) in [5.74, 6) is 0.0116. The molecule has 0 aromatic rings. The van der Waals surface area contributed by atoms with Crippen LogP contribution in [0.25, 0.3) is 0 Å². The van der Waals surface area contributed by atoms with Gasteiger partial charge in [-0.2, -0.15) is 0 Å². The molecule has 0 radical (unpaired) electrons. The second-order valence-electron chi connectivity index (χ2n) is 1.66. The minimum Gasteiger partial charge on any atom is -0.494 e. The molecule has 0 saturated heterocycles. The largest absolute Gasteiger partial charge is 0.494 e. The zero-order valence-electron chi connectivity index (χ0n) is 4.47. The molecular formula is C4H8N2O2. The third-order valence-electron chi connectivity index (χ3n) is 0.982. The summed E-state index contributed by atoms with van der Waals surface area (Å²) in [7, 11) is 0. The molecule has 1 heterocycles. The van der Waals surface area contributed by atoms with Crippen LogP contribution in [0.4, 0.5) is 0 Å². The zero-order valence-corrected chi connectivity index (χ0v) is 4.47. The van der Waals surface area contributed by atoms with E-state index in [9.17, 15) is 0 Å². The average Bonchev–Trinajstić information content (AvgIpc) is 1.85. The molecule has 4 N–H and O–H groups in total. The van der Waals surface area contributed by atoms with Gasteiger partial charge in [0.15, 0.2) is 0 Å². The van der Waals surface area contributed by atoms with Gasteiger partial charge in [0, 0.05) is 0 Å². The van der Waals surface area contributed by atoms with Gasteiger partial charge in [0.05, 0.1) is 5.70 Å². The summed E-state index contributed by atoms with van der Waals surface area (Å²) in [6, 6.07) is 0. The van der Waals surface area contributed by atoms with Crippen LogP contribution in [0.5, 0.6) is 0 Å². The van der Waals surface area contributed by atoms with E-state index < -0.39 is 6.35 Å². The molecule has 4 heteroatoms. The molecule has 0 amide bonds. The quantitative estimate of drug-likeness (QED) is 0.334. The lowest BCUT2D eigenvalue weighted by atomic mass is 10.5. The number of rotatable bonds is 0. The molecule has 0 spiro atoms. The molecule has 1 aliphatic rings. The summed E-state index contributed by atoms with van der Waals surface area (Å²) in [6.45, 7) is 1.67. The Hall–Kier alpha value is -0.900. The van der Waals surface area contributed by atoms with Crippen molar-refractivity contribution in [3.8, 4) is 0 Å². The molecule has 0 bridgehead atoms. The monoisotopic (exact) mass is 116 g/mol. The highest BCUT2D eigenvalue weighted by Gasteiger charge is 2.14. The van der Waals surface area contributed by atoms with Crippen molar-refractivity contribution in [2.24, 2.45) is 0 Å². The van der Waals surface area contributed by atoms with Gasteiger partial charge in [-0.3, -0.25) is 0 Å². The van der Waals surface area contributed by atoms with Gasteiger partial charge in [-0.05, 0) is 6.92 Å². The molecule has 1 unspecified atom stereocenters. The Labute approximate surface area is 46.8 Å². The van der Waals surface area contributed by atoms with E-state index >= 15 is 0 Å². The van der Waals surface area contributed by atoms with Crippen LogP contribution >= 0.6 is 0 Å². The van der Waals surface area contributed by atoms with Crippen molar-refractivity contribution >= 4 is 0 Å². The van der Waals surface area contributed by atoms with Crippen molar-refractivity contribution < 1.29 is 10.2 Å². The van der Waals surface area contributed by atoms with Gasteiger partial charge in [-0.15, -0.1) is 0 Å². The lowest BCUT2D eigenvalue weighted by Crippen LogP contribution is -2.31. The number of hydrogen-bond donors (Lipinski definition) is 4. The number of hydrogen-bond acceptors (Lipinski definition) is 4. The molecule has 4 nitrogen and oxygen atoms in total. The standard InChI is InChI=1S/C4H8N2O2/c1-2-3(7)6-4(8)5-2/h4-8H,1H3. The Morgan fingerprint density at radius 3 is 2.25 bits per heavy atom. The summed E-state index contributed by atoms with van der Waals surface area (Å²) in [4.78, 5) is 0. The minimum atomic E-state index is -0.824. The Kier molecular flexibility index (Phi) is 1.02. The Balaban J connectivity index is 2.60. The topological polar surface area (TPSA) is 64.5 Å². The number of nitrogens with one attached hydrogen (secondary N) is 2. The predicted octanol–water partition coefficient (Wildman–Crippen LogP) is -0.798. The average molecular weight is 116 g/mol. The van der Waals surface area contributed by atoms with E-state index in [0.29, 0.717) is 5.70 Å². The van der Waals surface area contributed by atoms with Crippen LogP contribution in [0.15, 0.2) is 11.6 Å². The first-order valence-corrected chi connectivity index (χ1v) is 2.31. The highest BCUT2D eigenvalue weighted by Crippen LogP contribution is 2.00. The van der Waals surface area contributed by atoms with Crippen LogP contribution in [0, 0.1) is 0 Å². The fourth-order valence-electron chi connectivity index (χ4n) is 0.547. The van der Waals surface area contributed by atoms with Crippen LogP contribution in [0.1, 0.15) is 6.92 Å². The zero-order chi connectivity index (χ0) is 6.15. The van der Waals surface area contributed by atoms with E-state index in [1.807, 2.05) is 0 Å². The van der Waals surface area contributed by atoms with E-state index in [-0.39, 0.29) is 5.88 Å². The van der Waals surface area contributed by atoms with Crippen LogP contribution in [0.2, 0.25) is 0 Å². The van der Waals surface area contributed by atoms with Crippen molar-refractivity contribution in [2.75, 3.05) is 0 Å². The summed E-state index contributed by atoms with van der Waals surface area (Å²) in [5, 5.41) is 22.2. The molecule has 46 valence electrons. The van der Waals surface area contributed by atoms with Gasteiger partial charge < -0.3 is 20.8 Å². The Morgan fingerprint density at radius 2 is 2.12 bits per heavy atom. The van der Waals surface area contributed by atoms with Gasteiger partial charge in [0.2, 0.25) is 12.2 Å². The third kappa shape index (κ3) is 0.696. The first-order chi connectivity index (χ1) is 3.70. The van der Waals surface area contributed by atoms with E-state index in [2.05, 4.69) is 10.6 Å². The molecular weight excluding hydrogens is 108 g/mol. The number of aliphatic hydroxyl groups is 2. The number of allylic oxidation sites excluding steroid dienone is 1. The molecule has 8 heavy (non-hydrogen) atoms. The van der Waals surface area contributed by atoms with Gasteiger partial charge in [-0.25, -0.2) is 0 Å². The van der Waals surface area contributed by atoms with Gasteiger partial charge in [-0.1, -0.05) is 0 Å². The normalized spacial score (nSPS) is 27.5. The summed E-state index contributed by atoms with van der Waals surface area (Å²) >= 11 is 0. The number of aliphatic hydroxyl groups excluding tert-OH is 2. The molecule has 0 aromatic heterocycles. The first-order valence-electron chi connectivity index (χ1n) is 2.31. The second-order valence-corrected chi connectivity index (χ2v) is 1.66. The first kappa shape index (κ1) is 5.24. The molecule has 0 saturated carbocycles. The molecule has 0 aromatic carbocycles. The van der Waals surface area contributed by atoms with Gasteiger partial charge in [0.1, 0.15) is 0 Å². The van der Waals surface area contributed by atoms with E-state index in [1.165, 1.54) is 0 Å².